The van der Waals surface area contributed by atoms with Gasteiger partial charge in [0, 0.05) is 42.0 Å². The summed E-state index contributed by atoms with van der Waals surface area (Å²) >= 11 is 1.42. The third-order valence-corrected chi connectivity index (χ3v) is 7.55. The molecule has 1 aromatic heterocycles. The molecular weight excluding hydrogens is 520 g/mol. The number of esters is 1. The van der Waals surface area contributed by atoms with Crippen LogP contribution in [0.5, 0.6) is 0 Å². The molecule has 9 nitrogen and oxygen atoms in total. The van der Waals surface area contributed by atoms with Crippen LogP contribution in [0.4, 0.5) is 5.69 Å². The van der Waals surface area contributed by atoms with Crippen LogP contribution < -0.4 is 10.0 Å². The highest BCUT2D eigenvalue weighted by atomic mass is 32.2. The first-order chi connectivity index (χ1) is 18.7. The number of carbonyl (C=O) groups excluding carboxylic acids is 2. The molecule has 1 aliphatic rings. The summed E-state index contributed by atoms with van der Waals surface area (Å²) < 4.78 is 18.7. The third-order valence-electron chi connectivity index (χ3n) is 6.45. The first kappa shape index (κ1) is 28.6. The summed E-state index contributed by atoms with van der Waals surface area (Å²) in [6.07, 6.45) is -0.804. The number of aliphatic hydroxyl groups is 1. The second-order valence-corrected chi connectivity index (χ2v) is 10.4. The summed E-state index contributed by atoms with van der Waals surface area (Å²) in [5.74, 6) is -0.518. The quantitative estimate of drug-likeness (QED) is 0.175. The van der Waals surface area contributed by atoms with Crippen LogP contribution in [0, 0.1) is 11.1 Å². The number of benzene rings is 2. The second kappa shape index (κ2) is 13.1. The van der Waals surface area contributed by atoms with Crippen LogP contribution in [-0.4, -0.2) is 34.9 Å². The normalized spacial score (nSPS) is 21.6. The average Bonchev–Trinajstić information content (AvgIpc) is 2.93. The molecule has 5 atom stereocenters. The van der Waals surface area contributed by atoms with E-state index in [9.17, 15) is 19.9 Å². The van der Waals surface area contributed by atoms with E-state index in [0.717, 1.165) is 15.9 Å². The molecule has 3 aromatic rings. The Bertz CT molecular complexity index is 1290. The van der Waals surface area contributed by atoms with Crippen molar-refractivity contribution in [3.05, 3.63) is 94.8 Å². The van der Waals surface area contributed by atoms with Gasteiger partial charge in [-0.1, -0.05) is 55.1 Å². The zero-order valence-corrected chi connectivity index (χ0v) is 22.8. The van der Waals surface area contributed by atoms with Crippen LogP contribution in [0.2, 0.25) is 0 Å². The van der Waals surface area contributed by atoms with E-state index in [2.05, 4.69) is 12.2 Å². The van der Waals surface area contributed by atoms with Gasteiger partial charge in [0.15, 0.2) is 18.6 Å². The number of hydrogen-bond donors (Lipinski definition) is 2. The molecule has 1 amide bonds. The summed E-state index contributed by atoms with van der Waals surface area (Å²) in [5, 5.41) is 25.0. The summed E-state index contributed by atoms with van der Waals surface area (Å²) in [5.41, 5.74) is 2.96. The molecule has 0 unspecified atom stereocenters. The van der Waals surface area contributed by atoms with Gasteiger partial charge >= 0.3 is 5.97 Å². The van der Waals surface area contributed by atoms with Crippen molar-refractivity contribution in [3.8, 4) is 0 Å². The molecule has 0 bridgehead atoms. The van der Waals surface area contributed by atoms with E-state index < -0.39 is 24.3 Å². The Morgan fingerprint density at radius 2 is 1.87 bits per heavy atom. The summed E-state index contributed by atoms with van der Waals surface area (Å²) in [6.45, 7) is 4.76. The number of nitrogens with one attached hydrogen (secondary N) is 1. The van der Waals surface area contributed by atoms with Crippen molar-refractivity contribution in [3.63, 3.8) is 0 Å². The molecule has 2 aromatic carbocycles. The summed E-state index contributed by atoms with van der Waals surface area (Å²) in [4.78, 5) is 23.7. The smallest absolute Gasteiger partial charge is 0.303 e. The van der Waals surface area contributed by atoms with Crippen molar-refractivity contribution < 1.29 is 33.6 Å². The first-order valence-electron chi connectivity index (χ1n) is 12.6. The van der Waals surface area contributed by atoms with Gasteiger partial charge in [0.05, 0.1) is 18.8 Å². The Kier molecular flexibility index (Phi) is 9.58. The number of pyridine rings is 1. The van der Waals surface area contributed by atoms with E-state index in [0.29, 0.717) is 22.0 Å². The summed E-state index contributed by atoms with van der Waals surface area (Å²) in [7, 11) is 0. The van der Waals surface area contributed by atoms with Crippen LogP contribution >= 0.6 is 11.8 Å². The highest BCUT2D eigenvalue weighted by Gasteiger charge is 2.38. The fourth-order valence-corrected chi connectivity index (χ4v) is 5.39. The highest BCUT2D eigenvalue weighted by molar-refractivity contribution is 7.99. The van der Waals surface area contributed by atoms with Gasteiger partial charge in [0.2, 0.25) is 0 Å². The Balaban J connectivity index is 1.57. The fourth-order valence-electron chi connectivity index (χ4n) is 4.31. The van der Waals surface area contributed by atoms with Gasteiger partial charge in [-0.05, 0) is 36.2 Å². The fraction of sp³-hybridized carbons (Fsp3) is 0.345. The maximum absolute atomic E-state index is 12.5. The van der Waals surface area contributed by atoms with Crippen LogP contribution in [0.1, 0.15) is 49.9 Å². The monoisotopic (exact) mass is 552 g/mol. The number of nitrogens with zero attached hydrogens (tertiary/aromatic N) is 1. The molecule has 0 spiro atoms. The van der Waals surface area contributed by atoms with Gasteiger partial charge in [-0.25, -0.2) is 0 Å². The first-order valence-corrected chi connectivity index (χ1v) is 13.6. The minimum atomic E-state index is -0.941. The maximum Gasteiger partial charge on any atom is 0.303 e. The van der Waals surface area contributed by atoms with Gasteiger partial charge in [-0.15, -0.1) is 0 Å². The van der Waals surface area contributed by atoms with Crippen LogP contribution in [0.25, 0.3) is 0 Å². The number of hydrogen-bond acceptors (Lipinski definition) is 8. The number of aromatic nitrogens is 1. The van der Waals surface area contributed by atoms with Gasteiger partial charge in [0.1, 0.15) is 0 Å². The Hall–Kier alpha value is -3.44. The van der Waals surface area contributed by atoms with Crippen molar-refractivity contribution in [2.24, 2.45) is 5.92 Å². The maximum atomic E-state index is 12.5. The molecular formula is C29H32N2O7S. The molecule has 2 N–H and O–H groups in total. The van der Waals surface area contributed by atoms with Gasteiger partial charge in [-0.3, -0.25) is 9.59 Å². The number of aliphatic hydroxyl groups excluding tert-OH is 1. The minimum absolute atomic E-state index is 0.0484. The van der Waals surface area contributed by atoms with Crippen LogP contribution in [0.15, 0.2) is 78.0 Å². The van der Waals surface area contributed by atoms with E-state index in [-0.39, 0.29) is 24.7 Å². The van der Waals surface area contributed by atoms with Crippen LogP contribution in [0.3, 0.4) is 0 Å². The number of rotatable bonds is 9. The molecule has 39 heavy (non-hydrogen) atoms. The molecule has 1 saturated heterocycles. The molecule has 0 radical (unpaired) electrons. The standard InChI is InChI=1S/C29H32N2O7S/c1-18-25(17-39-26-9-4-5-14-31(26)35)37-29(38-27(18)22-12-10-21(16-32)11-13-22)23-7-6-8-24(15-23)30-28(34)19(2)36-20(3)33/h4-15,18-19,25,27,29,32H,16-17H2,1-3H3,(H,30,34)/t18-,19-,25+,27+,29+/m0/s1. The number of ether oxygens (including phenoxy) is 3. The molecule has 1 fully saturated rings. The zero-order valence-electron chi connectivity index (χ0n) is 22.0. The molecule has 0 saturated carbocycles. The van der Waals surface area contributed by atoms with E-state index in [4.69, 9.17) is 14.2 Å². The van der Waals surface area contributed by atoms with E-state index in [1.54, 1.807) is 30.3 Å². The lowest BCUT2D eigenvalue weighted by atomic mass is 9.91. The Morgan fingerprint density at radius 3 is 2.56 bits per heavy atom. The van der Waals surface area contributed by atoms with E-state index >= 15 is 0 Å². The van der Waals surface area contributed by atoms with Crippen molar-refractivity contribution in [1.29, 1.82) is 0 Å². The molecule has 0 aliphatic carbocycles. The zero-order chi connectivity index (χ0) is 27.9. The van der Waals surface area contributed by atoms with Gasteiger partial charge in [-0.2, -0.15) is 4.73 Å². The van der Waals surface area contributed by atoms with Crippen molar-refractivity contribution >= 4 is 29.3 Å². The van der Waals surface area contributed by atoms with E-state index in [1.807, 2.05) is 36.4 Å². The van der Waals surface area contributed by atoms with Crippen molar-refractivity contribution in [2.75, 3.05) is 11.1 Å². The lowest BCUT2D eigenvalue weighted by Crippen LogP contribution is -2.39. The molecule has 10 heteroatoms. The van der Waals surface area contributed by atoms with Gasteiger partial charge in [0.25, 0.3) is 10.9 Å². The Morgan fingerprint density at radius 1 is 1.10 bits per heavy atom. The molecule has 206 valence electrons. The van der Waals surface area contributed by atoms with Crippen molar-refractivity contribution in [2.45, 2.75) is 57.0 Å². The number of thioether (sulfide) groups is 1. The highest BCUT2D eigenvalue weighted by Crippen LogP contribution is 2.43. The lowest BCUT2D eigenvalue weighted by Gasteiger charge is -2.41. The minimum Gasteiger partial charge on any atom is -0.618 e. The number of amides is 1. The molecule has 2 heterocycles. The predicted molar refractivity (Wildman–Crippen MR) is 145 cm³/mol. The van der Waals surface area contributed by atoms with Crippen molar-refractivity contribution in [1.82, 2.24) is 0 Å². The third kappa shape index (κ3) is 7.36. The largest absolute Gasteiger partial charge is 0.618 e. The number of anilines is 1. The van der Waals surface area contributed by atoms with E-state index in [1.165, 1.54) is 31.8 Å². The average molecular weight is 553 g/mol. The van der Waals surface area contributed by atoms with Crippen LogP contribution in [-0.2, 0) is 30.4 Å². The lowest BCUT2D eigenvalue weighted by molar-refractivity contribution is -0.645. The second-order valence-electron chi connectivity index (χ2n) is 9.36. The number of carbonyl (C=O) groups is 2. The molecule has 1 aliphatic heterocycles. The summed E-state index contributed by atoms with van der Waals surface area (Å²) in [6, 6.07) is 20.0. The predicted octanol–water partition coefficient (Wildman–Crippen LogP) is 4.29. The topological polar surface area (TPSA) is 121 Å². The SMILES string of the molecule is CC(=O)O[C@@H](C)C(=O)Nc1cccc([C@@H]2O[C@H](CSc3cccc[n+]3[O-])[C@H](C)[C@H](c3ccc(CO)cc3)O2)c1. The Labute approximate surface area is 231 Å². The van der Waals surface area contributed by atoms with Gasteiger partial charge < -0.3 is 29.8 Å². The molecule has 4 rings (SSSR count).